The summed E-state index contributed by atoms with van der Waals surface area (Å²) >= 11 is -2.43. The predicted molar refractivity (Wildman–Crippen MR) is 66.5 cm³/mol. The fourth-order valence-electron chi connectivity index (χ4n) is 1.68. The van der Waals surface area contributed by atoms with E-state index in [4.69, 9.17) is 8.74 Å². The Hall–Kier alpha value is -1.56. The molecule has 1 N–H and O–H groups in total. The molecule has 0 saturated carbocycles. The lowest BCUT2D eigenvalue weighted by molar-refractivity contribution is 0.245. The maximum atomic E-state index is 13.2. The minimum absolute atomic E-state index is 0.416. The van der Waals surface area contributed by atoms with Crippen LogP contribution in [0, 0.1) is 5.82 Å². The molecule has 5 heteroatoms. The molecule has 18 heavy (non-hydrogen) atoms. The zero-order valence-electron chi connectivity index (χ0n) is 9.32. The molecule has 2 aromatic carbocycles. The third-order valence-corrected chi connectivity index (χ3v) is 2.79. The second-order valence-electron chi connectivity index (χ2n) is 3.66. The Kier molecular flexibility index (Phi) is 4.19. The fraction of sp³-hybridized carbons (Fsp3) is 0.0769. The van der Waals surface area contributed by atoms with Gasteiger partial charge in [-0.15, -0.1) is 0 Å². The minimum Gasteiger partial charge on any atom is -0.284 e. The van der Waals surface area contributed by atoms with Crippen molar-refractivity contribution in [1.82, 2.24) is 0 Å². The first kappa shape index (κ1) is 12.9. The van der Waals surface area contributed by atoms with Crippen molar-refractivity contribution >= 4 is 11.4 Å². The molecule has 2 unspecified atom stereocenters. The van der Waals surface area contributed by atoms with Gasteiger partial charge in [-0.05, 0) is 23.3 Å². The monoisotopic (exact) mass is 266 g/mol. The Morgan fingerprint density at radius 1 is 1.06 bits per heavy atom. The number of rotatable bonds is 4. The quantitative estimate of drug-likeness (QED) is 0.865. The molecule has 3 nitrogen and oxygen atoms in total. The first-order valence-electron chi connectivity index (χ1n) is 5.25. The molecule has 94 valence electrons. The molecule has 0 amide bonds. The van der Waals surface area contributed by atoms with Crippen molar-refractivity contribution < 1.29 is 17.3 Å². The largest absolute Gasteiger partial charge is 0.302 e. The van der Waals surface area contributed by atoms with Crippen LogP contribution in [-0.2, 0) is 15.5 Å². The number of hydrogen-bond acceptors (Lipinski definition) is 2. The summed E-state index contributed by atoms with van der Waals surface area (Å²) in [5.74, 6) is -0.416. The Morgan fingerprint density at radius 3 is 2.33 bits per heavy atom. The van der Waals surface area contributed by atoms with Crippen molar-refractivity contribution in [3.05, 3.63) is 71.5 Å². The van der Waals surface area contributed by atoms with E-state index in [1.54, 1.807) is 30.3 Å². The van der Waals surface area contributed by atoms with E-state index in [1.807, 2.05) is 6.07 Å². The Bertz CT molecular complexity index is 545. The average molecular weight is 266 g/mol. The average Bonchev–Trinajstić information content (AvgIpc) is 2.37. The second kappa shape index (κ2) is 5.86. The highest BCUT2D eigenvalue weighted by Gasteiger charge is 2.17. The summed E-state index contributed by atoms with van der Waals surface area (Å²) in [6.07, 6.45) is -0.771. The van der Waals surface area contributed by atoms with Crippen LogP contribution >= 0.6 is 0 Å². The fourth-order valence-corrected chi connectivity index (χ4v) is 2.07. The Labute approximate surface area is 107 Å². The highest BCUT2D eigenvalue weighted by Crippen LogP contribution is 2.26. The van der Waals surface area contributed by atoms with Crippen LogP contribution in [0.5, 0.6) is 0 Å². The lowest BCUT2D eigenvalue weighted by Crippen LogP contribution is -2.08. The van der Waals surface area contributed by atoms with Crippen molar-refractivity contribution in [1.29, 1.82) is 0 Å². The zero-order chi connectivity index (χ0) is 13.0. The molecule has 2 rings (SSSR count). The van der Waals surface area contributed by atoms with Crippen LogP contribution in [0.2, 0.25) is 0 Å². The van der Waals surface area contributed by atoms with E-state index in [0.29, 0.717) is 11.1 Å². The third-order valence-electron chi connectivity index (χ3n) is 2.43. The van der Waals surface area contributed by atoms with Crippen molar-refractivity contribution in [2.75, 3.05) is 0 Å². The third kappa shape index (κ3) is 3.22. The van der Waals surface area contributed by atoms with Crippen LogP contribution in [0.4, 0.5) is 4.39 Å². The molecule has 0 fully saturated rings. The second-order valence-corrected chi connectivity index (χ2v) is 4.29. The van der Waals surface area contributed by atoms with Gasteiger partial charge in [-0.3, -0.25) is 8.74 Å². The summed E-state index contributed by atoms with van der Waals surface area (Å²) in [6.45, 7) is 0. The summed E-state index contributed by atoms with van der Waals surface area (Å²) in [4.78, 5) is 0. The van der Waals surface area contributed by atoms with Gasteiger partial charge in [0.15, 0.2) is 0 Å². The van der Waals surface area contributed by atoms with E-state index in [9.17, 15) is 8.60 Å². The van der Waals surface area contributed by atoms with Crippen LogP contribution in [0.3, 0.4) is 0 Å². The van der Waals surface area contributed by atoms with Crippen LogP contribution in [-0.4, -0.2) is 8.76 Å². The number of hydrogen-bond donors (Lipinski definition) is 1. The van der Waals surface area contributed by atoms with Crippen molar-refractivity contribution in [3.63, 3.8) is 0 Å². The van der Waals surface area contributed by atoms with Crippen LogP contribution in [0.1, 0.15) is 17.2 Å². The number of halogens is 1. The van der Waals surface area contributed by atoms with Gasteiger partial charge in [0.2, 0.25) is 0 Å². The lowest BCUT2D eigenvalue weighted by Gasteiger charge is -2.15. The normalized spacial score (nSPS) is 14.1. The van der Waals surface area contributed by atoms with Gasteiger partial charge < -0.3 is 0 Å². The highest BCUT2D eigenvalue weighted by molar-refractivity contribution is 7.74. The minimum atomic E-state index is -2.43. The zero-order valence-corrected chi connectivity index (χ0v) is 10.1. The van der Waals surface area contributed by atoms with Gasteiger partial charge in [-0.25, -0.2) is 4.39 Å². The smallest absolute Gasteiger partial charge is 0.284 e. The molecule has 0 aliphatic carbocycles. The maximum Gasteiger partial charge on any atom is 0.302 e. The first-order valence-corrected chi connectivity index (χ1v) is 6.28. The molecule has 2 aromatic rings. The van der Waals surface area contributed by atoms with Crippen molar-refractivity contribution in [2.24, 2.45) is 0 Å². The molecule has 0 saturated heterocycles. The summed E-state index contributed by atoms with van der Waals surface area (Å²) < 4.78 is 37.8. The molecule has 0 aliphatic heterocycles. The van der Waals surface area contributed by atoms with E-state index < -0.39 is 23.3 Å². The van der Waals surface area contributed by atoms with Crippen LogP contribution in [0.25, 0.3) is 0 Å². The van der Waals surface area contributed by atoms with E-state index in [0.717, 1.165) is 0 Å². The Balaban J connectivity index is 2.40. The summed E-state index contributed by atoms with van der Waals surface area (Å²) in [7, 11) is 0. The maximum absolute atomic E-state index is 13.2. The van der Waals surface area contributed by atoms with Gasteiger partial charge in [0.1, 0.15) is 11.9 Å². The number of benzene rings is 2. The van der Waals surface area contributed by atoms with Crippen LogP contribution in [0.15, 0.2) is 54.6 Å². The molecule has 0 bridgehead atoms. The summed E-state index contributed by atoms with van der Waals surface area (Å²) in [5.41, 5.74) is 1.18. The molecule has 0 heterocycles. The van der Waals surface area contributed by atoms with Gasteiger partial charge in [0.25, 0.3) is 0 Å². The summed E-state index contributed by atoms with van der Waals surface area (Å²) in [6, 6.07) is 14.7. The SMILES string of the molecule is O=S(O)OC(c1ccccc1)c1cccc(F)c1. The molecular weight excluding hydrogens is 255 g/mol. The highest BCUT2D eigenvalue weighted by atomic mass is 32.2. The lowest BCUT2D eigenvalue weighted by atomic mass is 10.0. The molecule has 0 spiro atoms. The van der Waals surface area contributed by atoms with Crippen molar-refractivity contribution in [2.45, 2.75) is 6.10 Å². The predicted octanol–water partition coefficient (Wildman–Crippen LogP) is 3.07. The van der Waals surface area contributed by atoms with E-state index in [2.05, 4.69) is 0 Å². The standard InChI is InChI=1S/C13H11FO3S/c14-12-8-4-7-11(9-12)13(17-18(15)16)10-5-2-1-3-6-10/h1-9,13H,(H,15,16). The topological polar surface area (TPSA) is 46.5 Å². The molecule has 0 aromatic heterocycles. The van der Waals surface area contributed by atoms with Gasteiger partial charge >= 0.3 is 11.4 Å². The van der Waals surface area contributed by atoms with Gasteiger partial charge in [0, 0.05) is 0 Å². The van der Waals surface area contributed by atoms with E-state index in [1.165, 1.54) is 18.2 Å². The van der Waals surface area contributed by atoms with Gasteiger partial charge in [-0.2, -0.15) is 4.21 Å². The molecule has 2 atom stereocenters. The molecule has 0 radical (unpaired) electrons. The summed E-state index contributed by atoms with van der Waals surface area (Å²) in [5, 5.41) is 0. The van der Waals surface area contributed by atoms with Crippen molar-refractivity contribution in [3.8, 4) is 0 Å². The first-order chi connectivity index (χ1) is 8.66. The van der Waals surface area contributed by atoms with Gasteiger partial charge in [0.05, 0.1) is 0 Å². The van der Waals surface area contributed by atoms with Gasteiger partial charge in [-0.1, -0.05) is 42.5 Å². The Morgan fingerprint density at radius 2 is 1.72 bits per heavy atom. The van der Waals surface area contributed by atoms with E-state index in [-0.39, 0.29) is 0 Å². The molecule has 0 aliphatic rings. The molecular formula is C13H11FO3S. The van der Waals surface area contributed by atoms with E-state index >= 15 is 0 Å². The van der Waals surface area contributed by atoms with Crippen LogP contribution < -0.4 is 0 Å².